The zero-order valence-electron chi connectivity index (χ0n) is 9.45. The summed E-state index contributed by atoms with van der Waals surface area (Å²) in [6.07, 6.45) is -4.55. The van der Waals surface area contributed by atoms with Gasteiger partial charge in [0, 0.05) is 5.56 Å². The lowest BCUT2D eigenvalue weighted by Gasteiger charge is -2.13. The molecule has 1 aromatic heterocycles. The van der Waals surface area contributed by atoms with Crippen molar-refractivity contribution < 1.29 is 17.6 Å². The highest BCUT2D eigenvalue weighted by molar-refractivity contribution is 7.08. The van der Waals surface area contributed by atoms with Gasteiger partial charge in [-0.25, -0.2) is 4.39 Å². The van der Waals surface area contributed by atoms with Gasteiger partial charge in [0.2, 0.25) is 0 Å². The first-order valence-electron chi connectivity index (χ1n) is 5.04. The molecule has 0 amide bonds. The molecule has 1 nitrogen and oxygen atoms in total. The standard InChI is InChI=1S/C12H9F4NS.ClH/c13-10-5-8(12(14,15)16)1-2-9(10)11(17)7-3-4-18-6-7;/h1-6,11H,17H2;1H/t11-;/m1./s1. The van der Waals surface area contributed by atoms with Crippen LogP contribution >= 0.6 is 23.7 Å². The van der Waals surface area contributed by atoms with Gasteiger partial charge in [0.05, 0.1) is 11.6 Å². The van der Waals surface area contributed by atoms with E-state index in [1.54, 1.807) is 16.8 Å². The first kappa shape index (κ1) is 15.9. The largest absolute Gasteiger partial charge is 0.416 e. The topological polar surface area (TPSA) is 26.0 Å². The number of rotatable bonds is 2. The molecule has 2 N–H and O–H groups in total. The molecule has 0 saturated carbocycles. The molecule has 1 aromatic carbocycles. The average molecular weight is 312 g/mol. The van der Waals surface area contributed by atoms with Crippen molar-refractivity contribution in [2.75, 3.05) is 0 Å². The van der Waals surface area contributed by atoms with E-state index in [2.05, 4.69) is 0 Å². The lowest BCUT2D eigenvalue weighted by atomic mass is 10.00. The Labute approximate surface area is 117 Å². The molecular weight excluding hydrogens is 302 g/mol. The molecule has 104 valence electrons. The van der Waals surface area contributed by atoms with Crippen LogP contribution in [-0.2, 0) is 6.18 Å². The smallest absolute Gasteiger partial charge is 0.320 e. The molecule has 0 bridgehead atoms. The minimum Gasteiger partial charge on any atom is -0.320 e. The molecule has 1 heterocycles. The fourth-order valence-electron chi connectivity index (χ4n) is 1.59. The number of thiophene rings is 1. The lowest BCUT2D eigenvalue weighted by Crippen LogP contribution is -2.14. The minimum atomic E-state index is -4.55. The predicted octanol–water partition coefficient (Wildman–Crippen LogP) is 4.38. The van der Waals surface area contributed by atoms with Crippen molar-refractivity contribution in [1.29, 1.82) is 0 Å². The van der Waals surface area contributed by atoms with Gasteiger partial charge in [-0.05, 0) is 34.5 Å². The van der Waals surface area contributed by atoms with E-state index in [1.165, 1.54) is 11.3 Å². The van der Waals surface area contributed by atoms with Crippen LogP contribution in [0.15, 0.2) is 35.0 Å². The third kappa shape index (κ3) is 3.46. The van der Waals surface area contributed by atoms with Gasteiger partial charge >= 0.3 is 6.18 Å². The Morgan fingerprint density at radius 3 is 2.32 bits per heavy atom. The summed E-state index contributed by atoms with van der Waals surface area (Å²) in [4.78, 5) is 0. The van der Waals surface area contributed by atoms with Gasteiger partial charge in [0.1, 0.15) is 5.82 Å². The van der Waals surface area contributed by atoms with Crippen LogP contribution in [0.4, 0.5) is 17.6 Å². The van der Waals surface area contributed by atoms with E-state index in [4.69, 9.17) is 5.73 Å². The average Bonchev–Trinajstić information content (AvgIpc) is 2.80. The van der Waals surface area contributed by atoms with E-state index in [0.29, 0.717) is 11.6 Å². The van der Waals surface area contributed by atoms with Crippen molar-refractivity contribution in [3.05, 3.63) is 57.5 Å². The zero-order valence-corrected chi connectivity index (χ0v) is 11.1. The molecule has 7 heteroatoms. The summed E-state index contributed by atoms with van der Waals surface area (Å²) in [5.74, 6) is -0.941. The third-order valence-corrected chi connectivity index (χ3v) is 3.27. The second-order valence-corrected chi connectivity index (χ2v) is 4.55. The van der Waals surface area contributed by atoms with Gasteiger partial charge in [-0.3, -0.25) is 0 Å². The molecule has 0 unspecified atom stereocenters. The number of hydrogen-bond donors (Lipinski definition) is 1. The Balaban J connectivity index is 0.00000180. The second kappa shape index (κ2) is 5.90. The van der Waals surface area contributed by atoms with Crippen molar-refractivity contribution >= 4 is 23.7 Å². The molecule has 1 atom stereocenters. The van der Waals surface area contributed by atoms with Crippen molar-refractivity contribution in [3.63, 3.8) is 0 Å². The number of nitrogens with two attached hydrogens (primary N) is 1. The van der Waals surface area contributed by atoms with Gasteiger partial charge in [0.15, 0.2) is 0 Å². The Morgan fingerprint density at radius 2 is 1.84 bits per heavy atom. The molecule has 0 fully saturated rings. The number of hydrogen-bond acceptors (Lipinski definition) is 2. The normalized spacial score (nSPS) is 12.9. The van der Waals surface area contributed by atoms with Gasteiger partial charge < -0.3 is 5.73 Å². The summed E-state index contributed by atoms with van der Waals surface area (Å²) < 4.78 is 50.8. The lowest BCUT2D eigenvalue weighted by molar-refractivity contribution is -0.137. The fraction of sp³-hybridized carbons (Fsp3) is 0.167. The van der Waals surface area contributed by atoms with Crippen LogP contribution in [0.5, 0.6) is 0 Å². The van der Waals surface area contributed by atoms with Crippen LogP contribution in [0.25, 0.3) is 0 Å². The van der Waals surface area contributed by atoms with Gasteiger partial charge in [-0.15, -0.1) is 12.4 Å². The van der Waals surface area contributed by atoms with Crippen molar-refractivity contribution in [3.8, 4) is 0 Å². The molecule has 0 radical (unpaired) electrons. The van der Waals surface area contributed by atoms with Gasteiger partial charge in [0.25, 0.3) is 0 Å². The summed E-state index contributed by atoms with van der Waals surface area (Å²) in [6.45, 7) is 0. The molecule has 2 aromatic rings. The monoisotopic (exact) mass is 311 g/mol. The van der Waals surface area contributed by atoms with Crippen LogP contribution in [0.1, 0.15) is 22.7 Å². The molecule has 19 heavy (non-hydrogen) atoms. The second-order valence-electron chi connectivity index (χ2n) is 3.77. The summed E-state index contributed by atoms with van der Waals surface area (Å²) in [7, 11) is 0. The van der Waals surface area contributed by atoms with E-state index in [1.807, 2.05) is 0 Å². The molecular formula is C12H10ClF4NS. The Bertz CT molecular complexity index is 539. The first-order valence-corrected chi connectivity index (χ1v) is 5.98. The summed E-state index contributed by atoms with van der Waals surface area (Å²) in [6, 6.07) is 3.36. The number of benzene rings is 1. The first-order chi connectivity index (χ1) is 8.39. The number of alkyl halides is 3. The maximum Gasteiger partial charge on any atom is 0.416 e. The third-order valence-electron chi connectivity index (χ3n) is 2.57. The molecule has 0 saturated heterocycles. The summed E-state index contributed by atoms with van der Waals surface area (Å²) in [5, 5.41) is 3.51. The van der Waals surface area contributed by atoms with E-state index < -0.39 is 23.6 Å². The Hall–Kier alpha value is -1.11. The van der Waals surface area contributed by atoms with E-state index in [9.17, 15) is 17.6 Å². The van der Waals surface area contributed by atoms with Crippen molar-refractivity contribution in [2.24, 2.45) is 5.73 Å². The van der Waals surface area contributed by atoms with Crippen LogP contribution in [0.3, 0.4) is 0 Å². The maximum absolute atomic E-state index is 13.6. The highest BCUT2D eigenvalue weighted by Crippen LogP contribution is 2.32. The molecule has 0 aliphatic heterocycles. The highest BCUT2D eigenvalue weighted by atomic mass is 35.5. The Kier molecular flexibility index (Phi) is 4.95. The van der Waals surface area contributed by atoms with E-state index in [-0.39, 0.29) is 18.0 Å². The predicted molar refractivity (Wildman–Crippen MR) is 69.0 cm³/mol. The maximum atomic E-state index is 13.6. The van der Waals surface area contributed by atoms with Crippen LogP contribution in [0.2, 0.25) is 0 Å². The fourth-order valence-corrected chi connectivity index (χ4v) is 2.28. The quantitative estimate of drug-likeness (QED) is 0.819. The summed E-state index contributed by atoms with van der Waals surface area (Å²) >= 11 is 1.39. The minimum absolute atomic E-state index is 0. The van der Waals surface area contributed by atoms with Gasteiger partial charge in [-0.1, -0.05) is 6.07 Å². The highest BCUT2D eigenvalue weighted by Gasteiger charge is 2.31. The number of halogens is 5. The van der Waals surface area contributed by atoms with Crippen LogP contribution in [-0.4, -0.2) is 0 Å². The molecule has 0 aliphatic carbocycles. The molecule has 0 aliphatic rings. The van der Waals surface area contributed by atoms with Crippen LogP contribution in [0, 0.1) is 5.82 Å². The van der Waals surface area contributed by atoms with Gasteiger partial charge in [-0.2, -0.15) is 24.5 Å². The van der Waals surface area contributed by atoms with Crippen molar-refractivity contribution in [2.45, 2.75) is 12.2 Å². The molecule has 0 spiro atoms. The SMILES string of the molecule is Cl.N[C@H](c1ccsc1)c1ccc(C(F)(F)F)cc1F. The van der Waals surface area contributed by atoms with Crippen molar-refractivity contribution in [1.82, 2.24) is 0 Å². The summed E-state index contributed by atoms with van der Waals surface area (Å²) in [5.41, 5.74) is 5.53. The van der Waals surface area contributed by atoms with E-state index >= 15 is 0 Å². The van der Waals surface area contributed by atoms with Crippen LogP contribution < -0.4 is 5.73 Å². The molecule has 2 rings (SSSR count). The van der Waals surface area contributed by atoms with E-state index in [0.717, 1.165) is 12.1 Å². The Morgan fingerprint density at radius 1 is 1.16 bits per heavy atom. The zero-order chi connectivity index (χ0) is 13.3.